The van der Waals surface area contributed by atoms with Crippen LogP contribution in [0.15, 0.2) is 6.07 Å². The fourth-order valence-electron chi connectivity index (χ4n) is 1.95. The Labute approximate surface area is 127 Å². The van der Waals surface area contributed by atoms with E-state index in [2.05, 4.69) is 0 Å². The van der Waals surface area contributed by atoms with Crippen molar-refractivity contribution in [3.05, 3.63) is 21.1 Å². The molecule has 1 aromatic rings. The van der Waals surface area contributed by atoms with Crippen molar-refractivity contribution in [1.82, 2.24) is 4.90 Å². The summed E-state index contributed by atoms with van der Waals surface area (Å²) in [5.41, 5.74) is -0.0780. The van der Waals surface area contributed by atoms with Gasteiger partial charge < -0.3 is 14.9 Å². The standard InChI is InChI=1S/C13H21N3O4S/c1-5-15(6-2)12(18)8-14(4)13-10(16(19)20)7-11(21-13)9(3)17/h7,9,17H,5-6,8H2,1-4H3/t9-/m0/s1. The summed E-state index contributed by atoms with van der Waals surface area (Å²) < 4.78 is 0. The van der Waals surface area contributed by atoms with Crippen molar-refractivity contribution in [3.8, 4) is 0 Å². The minimum absolute atomic E-state index is 0.0717. The fourth-order valence-corrected chi connectivity index (χ4v) is 2.97. The zero-order valence-corrected chi connectivity index (χ0v) is 13.5. The first-order valence-corrected chi connectivity index (χ1v) is 7.58. The number of aliphatic hydroxyl groups is 1. The fraction of sp³-hybridized carbons (Fsp3) is 0.615. The van der Waals surface area contributed by atoms with E-state index in [0.29, 0.717) is 23.0 Å². The molecule has 7 nitrogen and oxygen atoms in total. The van der Waals surface area contributed by atoms with Gasteiger partial charge in [0.25, 0.3) is 0 Å². The van der Waals surface area contributed by atoms with Crippen molar-refractivity contribution >= 4 is 27.9 Å². The summed E-state index contributed by atoms with van der Waals surface area (Å²) in [5, 5.41) is 21.1. The van der Waals surface area contributed by atoms with E-state index in [4.69, 9.17) is 0 Å². The van der Waals surface area contributed by atoms with E-state index in [1.165, 1.54) is 6.07 Å². The molecular formula is C13H21N3O4S. The van der Waals surface area contributed by atoms with Gasteiger partial charge in [-0.05, 0) is 20.8 Å². The molecule has 0 unspecified atom stereocenters. The number of thiophene rings is 1. The van der Waals surface area contributed by atoms with Gasteiger partial charge in [0.05, 0.1) is 17.6 Å². The number of carbonyl (C=O) groups excluding carboxylic acids is 1. The minimum atomic E-state index is -0.769. The average molecular weight is 315 g/mol. The Morgan fingerprint density at radius 1 is 1.48 bits per heavy atom. The molecule has 0 saturated heterocycles. The third kappa shape index (κ3) is 4.15. The summed E-state index contributed by atoms with van der Waals surface area (Å²) in [7, 11) is 1.64. The van der Waals surface area contributed by atoms with Crippen molar-refractivity contribution in [2.45, 2.75) is 26.9 Å². The zero-order chi connectivity index (χ0) is 16.2. The molecular weight excluding hydrogens is 294 g/mol. The first kappa shape index (κ1) is 17.4. The number of nitro groups is 1. The normalized spacial score (nSPS) is 12.0. The lowest BCUT2D eigenvalue weighted by molar-refractivity contribution is -0.383. The van der Waals surface area contributed by atoms with E-state index in [9.17, 15) is 20.0 Å². The first-order chi connectivity index (χ1) is 9.81. The predicted molar refractivity (Wildman–Crippen MR) is 82.8 cm³/mol. The third-order valence-corrected chi connectivity index (χ3v) is 4.57. The third-order valence-electron chi connectivity index (χ3n) is 3.16. The van der Waals surface area contributed by atoms with E-state index in [-0.39, 0.29) is 18.1 Å². The number of aliphatic hydroxyl groups excluding tert-OH is 1. The molecule has 0 aliphatic heterocycles. The lowest BCUT2D eigenvalue weighted by Gasteiger charge is -2.23. The van der Waals surface area contributed by atoms with Crippen LogP contribution in [0.4, 0.5) is 10.7 Å². The number of anilines is 1. The molecule has 1 amide bonds. The van der Waals surface area contributed by atoms with Crippen LogP contribution in [0.25, 0.3) is 0 Å². The van der Waals surface area contributed by atoms with Crippen molar-refractivity contribution < 1.29 is 14.8 Å². The number of rotatable bonds is 7. The first-order valence-electron chi connectivity index (χ1n) is 6.76. The Bertz CT molecular complexity index is 512. The van der Waals surface area contributed by atoms with Crippen LogP contribution in [0, 0.1) is 10.1 Å². The van der Waals surface area contributed by atoms with Gasteiger partial charge in [-0.15, -0.1) is 11.3 Å². The van der Waals surface area contributed by atoms with Crippen LogP contribution in [-0.2, 0) is 4.79 Å². The highest BCUT2D eigenvalue weighted by atomic mass is 32.1. The SMILES string of the molecule is CCN(CC)C(=O)CN(C)c1sc([C@H](C)O)cc1[N+](=O)[O-]. The quantitative estimate of drug-likeness (QED) is 0.614. The number of hydrogen-bond acceptors (Lipinski definition) is 6. The Balaban J connectivity index is 2.98. The van der Waals surface area contributed by atoms with Gasteiger partial charge in [0.2, 0.25) is 5.91 Å². The van der Waals surface area contributed by atoms with Gasteiger partial charge in [0.15, 0.2) is 5.00 Å². The van der Waals surface area contributed by atoms with Crippen LogP contribution in [0.2, 0.25) is 0 Å². The summed E-state index contributed by atoms with van der Waals surface area (Å²) in [6.45, 7) is 6.62. The highest BCUT2D eigenvalue weighted by Crippen LogP contribution is 2.39. The van der Waals surface area contributed by atoms with Crippen LogP contribution in [0.3, 0.4) is 0 Å². The van der Waals surface area contributed by atoms with Gasteiger partial charge in [-0.3, -0.25) is 14.9 Å². The second-order valence-corrected chi connectivity index (χ2v) is 5.76. The molecule has 1 heterocycles. The van der Waals surface area contributed by atoms with E-state index >= 15 is 0 Å². The van der Waals surface area contributed by atoms with Gasteiger partial charge in [-0.25, -0.2) is 0 Å². The molecule has 0 aromatic carbocycles. The molecule has 1 N–H and O–H groups in total. The van der Waals surface area contributed by atoms with Gasteiger partial charge in [-0.2, -0.15) is 0 Å². The Kier molecular flexibility index (Phi) is 6.10. The number of carbonyl (C=O) groups is 1. The number of nitrogens with zero attached hydrogens (tertiary/aromatic N) is 3. The topological polar surface area (TPSA) is 86.9 Å². The van der Waals surface area contributed by atoms with E-state index in [0.717, 1.165) is 11.3 Å². The van der Waals surface area contributed by atoms with Crippen molar-refractivity contribution in [3.63, 3.8) is 0 Å². The van der Waals surface area contributed by atoms with Crippen LogP contribution < -0.4 is 4.90 Å². The van der Waals surface area contributed by atoms with E-state index < -0.39 is 11.0 Å². The van der Waals surface area contributed by atoms with Gasteiger partial charge in [0, 0.05) is 31.1 Å². The largest absolute Gasteiger partial charge is 0.388 e. The van der Waals surface area contributed by atoms with Gasteiger partial charge >= 0.3 is 5.69 Å². The lowest BCUT2D eigenvalue weighted by Crippen LogP contribution is -2.38. The van der Waals surface area contributed by atoms with Crippen molar-refractivity contribution in [1.29, 1.82) is 0 Å². The molecule has 118 valence electrons. The van der Waals surface area contributed by atoms with E-state index in [1.807, 2.05) is 13.8 Å². The molecule has 0 fully saturated rings. The molecule has 0 bridgehead atoms. The van der Waals surface area contributed by atoms with Gasteiger partial charge in [-0.1, -0.05) is 0 Å². The molecule has 1 aromatic heterocycles. The monoisotopic (exact) mass is 315 g/mol. The predicted octanol–water partition coefficient (Wildman–Crippen LogP) is 2.01. The summed E-state index contributed by atoms with van der Waals surface area (Å²) in [5.74, 6) is -0.0798. The second-order valence-electron chi connectivity index (χ2n) is 4.69. The molecule has 0 aliphatic carbocycles. The summed E-state index contributed by atoms with van der Waals surface area (Å²) in [6, 6.07) is 1.36. The maximum atomic E-state index is 12.1. The zero-order valence-electron chi connectivity index (χ0n) is 12.7. The summed E-state index contributed by atoms with van der Waals surface area (Å²) in [4.78, 5) is 26.4. The minimum Gasteiger partial charge on any atom is -0.388 e. The van der Waals surface area contributed by atoms with Crippen LogP contribution in [0.5, 0.6) is 0 Å². The molecule has 0 saturated carbocycles. The van der Waals surface area contributed by atoms with E-state index in [1.54, 1.807) is 23.8 Å². The Morgan fingerprint density at radius 2 is 2.05 bits per heavy atom. The highest BCUT2D eigenvalue weighted by Gasteiger charge is 2.25. The van der Waals surface area contributed by atoms with Gasteiger partial charge in [0.1, 0.15) is 0 Å². The van der Waals surface area contributed by atoms with Crippen LogP contribution in [-0.4, -0.2) is 47.5 Å². The lowest BCUT2D eigenvalue weighted by atomic mass is 10.3. The molecule has 0 aliphatic rings. The number of likely N-dealkylation sites (N-methyl/N-ethyl adjacent to an activating group) is 2. The highest BCUT2D eigenvalue weighted by molar-refractivity contribution is 7.16. The summed E-state index contributed by atoms with van der Waals surface area (Å²) >= 11 is 1.14. The molecule has 0 spiro atoms. The smallest absolute Gasteiger partial charge is 0.304 e. The Hall–Kier alpha value is -1.67. The molecule has 1 rings (SSSR count). The van der Waals surface area contributed by atoms with Crippen molar-refractivity contribution in [2.75, 3.05) is 31.6 Å². The molecule has 1 atom stereocenters. The van der Waals surface area contributed by atoms with Crippen LogP contribution in [0.1, 0.15) is 31.8 Å². The van der Waals surface area contributed by atoms with Crippen LogP contribution >= 0.6 is 11.3 Å². The average Bonchev–Trinajstić information content (AvgIpc) is 2.85. The molecule has 0 radical (unpaired) electrons. The molecule has 21 heavy (non-hydrogen) atoms. The Morgan fingerprint density at radius 3 is 2.48 bits per heavy atom. The number of hydrogen-bond donors (Lipinski definition) is 1. The second kappa shape index (κ2) is 7.37. The molecule has 8 heteroatoms. The summed E-state index contributed by atoms with van der Waals surface area (Å²) in [6.07, 6.45) is -0.769. The maximum absolute atomic E-state index is 12.1. The maximum Gasteiger partial charge on any atom is 0.304 e. The number of amides is 1. The van der Waals surface area contributed by atoms with Crippen molar-refractivity contribution in [2.24, 2.45) is 0 Å².